The average molecular weight is 288 g/mol. The lowest BCUT2D eigenvalue weighted by Gasteiger charge is -2.24. The van der Waals surface area contributed by atoms with Gasteiger partial charge in [-0.3, -0.25) is 4.79 Å². The van der Waals surface area contributed by atoms with E-state index in [1.807, 2.05) is 0 Å². The summed E-state index contributed by atoms with van der Waals surface area (Å²) in [5.74, 6) is 0.147. The maximum absolute atomic E-state index is 11.6. The van der Waals surface area contributed by atoms with E-state index in [1.165, 1.54) is 0 Å². The first-order valence-corrected chi connectivity index (χ1v) is 6.73. The quantitative estimate of drug-likeness (QED) is 0.895. The van der Waals surface area contributed by atoms with Crippen molar-refractivity contribution in [2.75, 3.05) is 6.54 Å². The van der Waals surface area contributed by atoms with Gasteiger partial charge in [-0.25, -0.2) is 0 Å². The number of nitrogens with one attached hydrogen (secondary N) is 1. The van der Waals surface area contributed by atoms with Crippen LogP contribution in [-0.4, -0.2) is 17.6 Å². The first-order valence-electron chi connectivity index (χ1n) is 5.98. The van der Waals surface area contributed by atoms with E-state index in [4.69, 9.17) is 23.2 Å². The van der Waals surface area contributed by atoms with Gasteiger partial charge in [-0.15, -0.1) is 0 Å². The largest absolute Gasteiger partial charge is 0.387 e. The Labute approximate surface area is 116 Å². The van der Waals surface area contributed by atoms with Gasteiger partial charge in [0.25, 0.3) is 0 Å². The van der Waals surface area contributed by atoms with Gasteiger partial charge >= 0.3 is 0 Å². The molecule has 1 aliphatic carbocycles. The van der Waals surface area contributed by atoms with Gasteiger partial charge in [0.15, 0.2) is 0 Å². The van der Waals surface area contributed by atoms with Crippen LogP contribution in [-0.2, 0) is 4.79 Å². The zero-order valence-corrected chi connectivity index (χ0v) is 11.3. The second-order valence-electron chi connectivity index (χ2n) is 4.59. The highest BCUT2D eigenvalue weighted by Crippen LogP contribution is 2.27. The number of hydrogen-bond donors (Lipinski definition) is 2. The number of carbonyl (C=O) groups is 1. The molecule has 3 nitrogen and oxygen atoms in total. The molecule has 2 N–H and O–H groups in total. The third kappa shape index (κ3) is 3.37. The summed E-state index contributed by atoms with van der Waals surface area (Å²) >= 11 is 11.7. The second-order valence-corrected chi connectivity index (χ2v) is 5.46. The lowest BCUT2D eigenvalue weighted by molar-refractivity contribution is -0.127. The van der Waals surface area contributed by atoms with Crippen molar-refractivity contribution in [1.29, 1.82) is 0 Å². The highest BCUT2D eigenvalue weighted by Gasteiger charge is 2.25. The van der Waals surface area contributed by atoms with Crippen LogP contribution in [0.1, 0.15) is 30.9 Å². The Balaban J connectivity index is 1.90. The lowest BCUT2D eigenvalue weighted by atomic mass is 9.85. The first-order chi connectivity index (χ1) is 8.56. The van der Waals surface area contributed by atoms with Crippen LogP contribution in [0.2, 0.25) is 10.0 Å². The molecule has 1 aromatic carbocycles. The molecule has 1 aromatic rings. The Kier molecular flexibility index (Phi) is 4.49. The summed E-state index contributed by atoms with van der Waals surface area (Å²) in [5, 5.41) is 13.7. The molecule has 5 heteroatoms. The Bertz CT molecular complexity index is 426. The maximum atomic E-state index is 11.6. The van der Waals surface area contributed by atoms with Crippen molar-refractivity contribution in [1.82, 2.24) is 5.32 Å². The van der Waals surface area contributed by atoms with Crippen molar-refractivity contribution >= 4 is 29.1 Å². The highest BCUT2D eigenvalue weighted by atomic mass is 35.5. The second kappa shape index (κ2) is 5.91. The molecule has 18 heavy (non-hydrogen) atoms. The first kappa shape index (κ1) is 13.7. The molecule has 98 valence electrons. The number of hydrogen-bond acceptors (Lipinski definition) is 2. The van der Waals surface area contributed by atoms with E-state index in [-0.39, 0.29) is 18.4 Å². The minimum Gasteiger partial charge on any atom is -0.387 e. The predicted molar refractivity (Wildman–Crippen MR) is 71.8 cm³/mol. The third-order valence-electron chi connectivity index (χ3n) is 3.22. The van der Waals surface area contributed by atoms with Crippen molar-refractivity contribution in [3.63, 3.8) is 0 Å². The summed E-state index contributed by atoms with van der Waals surface area (Å²) in [4.78, 5) is 11.6. The fraction of sp³-hybridized carbons (Fsp3) is 0.462. The molecule has 0 aromatic heterocycles. The zero-order chi connectivity index (χ0) is 13.1. The van der Waals surface area contributed by atoms with Gasteiger partial charge < -0.3 is 10.4 Å². The van der Waals surface area contributed by atoms with Crippen molar-refractivity contribution < 1.29 is 9.90 Å². The minimum absolute atomic E-state index is 0.0217. The summed E-state index contributed by atoms with van der Waals surface area (Å²) in [5.41, 5.74) is 0.612. The van der Waals surface area contributed by atoms with Crippen LogP contribution in [0.4, 0.5) is 0 Å². The van der Waals surface area contributed by atoms with E-state index in [2.05, 4.69) is 5.32 Å². The fourth-order valence-electron chi connectivity index (χ4n) is 1.90. The van der Waals surface area contributed by atoms with Crippen molar-refractivity contribution in [2.45, 2.75) is 25.4 Å². The number of halogens is 2. The molecule has 1 fully saturated rings. The number of carbonyl (C=O) groups excluding carboxylic acids is 1. The van der Waals surface area contributed by atoms with Crippen LogP contribution in [0.25, 0.3) is 0 Å². The van der Waals surface area contributed by atoms with Crippen LogP contribution in [0.5, 0.6) is 0 Å². The van der Waals surface area contributed by atoms with E-state index in [1.54, 1.807) is 18.2 Å². The molecule has 1 amide bonds. The summed E-state index contributed by atoms with van der Waals surface area (Å²) in [6.07, 6.45) is 2.23. The van der Waals surface area contributed by atoms with Crippen molar-refractivity contribution in [3.05, 3.63) is 33.8 Å². The Hall–Kier alpha value is -0.770. The zero-order valence-electron chi connectivity index (χ0n) is 9.83. The molecule has 0 heterocycles. The molecule has 1 atom stereocenters. The van der Waals surface area contributed by atoms with Crippen LogP contribution in [0, 0.1) is 5.92 Å². The molecule has 0 saturated heterocycles. The summed E-state index contributed by atoms with van der Waals surface area (Å²) in [6, 6.07) is 4.90. The average Bonchev–Trinajstić information content (AvgIpc) is 2.22. The number of rotatable bonds is 4. The molecule has 1 unspecified atom stereocenters. The molecule has 2 rings (SSSR count). The molecule has 0 aliphatic heterocycles. The number of benzene rings is 1. The monoisotopic (exact) mass is 287 g/mol. The van der Waals surface area contributed by atoms with Gasteiger partial charge in [0, 0.05) is 22.5 Å². The molecule has 1 aliphatic rings. The molecule has 0 radical (unpaired) electrons. The van der Waals surface area contributed by atoms with Crippen molar-refractivity contribution in [2.24, 2.45) is 5.92 Å². The van der Waals surface area contributed by atoms with E-state index >= 15 is 0 Å². The van der Waals surface area contributed by atoms with E-state index in [0.29, 0.717) is 15.6 Å². The SMILES string of the molecule is O=C(NCC(O)c1cc(Cl)cc(Cl)c1)C1CCC1. The normalized spacial score (nSPS) is 17.1. The Morgan fingerprint density at radius 1 is 1.33 bits per heavy atom. The summed E-state index contributed by atoms with van der Waals surface area (Å²) in [7, 11) is 0. The van der Waals surface area contributed by atoms with E-state index < -0.39 is 6.10 Å². The van der Waals surface area contributed by atoms with Crippen LogP contribution in [0.3, 0.4) is 0 Å². The van der Waals surface area contributed by atoms with Gasteiger partial charge in [-0.05, 0) is 36.6 Å². The van der Waals surface area contributed by atoms with Crippen LogP contribution >= 0.6 is 23.2 Å². The van der Waals surface area contributed by atoms with Gasteiger partial charge in [0.2, 0.25) is 5.91 Å². The summed E-state index contributed by atoms with van der Waals surface area (Å²) in [6.45, 7) is 0.187. The van der Waals surface area contributed by atoms with Gasteiger partial charge in [-0.1, -0.05) is 29.6 Å². The smallest absolute Gasteiger partial charge is 0.223 e. The maximum Gasteiger partial charge on any atom is 0.223 e. The summed E-state index contributed by atoms with van der Waals surface area (Å²) < 4.78 is 0. The fourth-order valence-corrected chi connectivity index (χ4v) is 2.44. The number of aliphatic hydroxyl groups excluding tert-OH is 1. The van der Waals surface area contributed by atoms with Crippen LogP contribution < -0.4 is 5.32 Å². The van der Waals surface area contributed by atoms with E-state index in [9.17, 15) is 9.90 Å². The van der Waals surface area contributed by atoms with Crippen LogP contribution in [0.15, 0.2) is 18.2 Å². The number of amides is 1. The highest BCUT2D eigenvalue weighted by molar-refractivity contribution is 6.34. The standard InChI is InChI=1S/C13H15Cl2NO2/c14-10-4-9(5-11(15)6-10)12(17)7-16-13(18)8-2-1-3-8/h4-6,8,12,17H,1-3,7H2,(H,16,18). The van der Waals surface area contributed by atoms with E-state index in [0.717, 1.165) is 19.3 Å². The molecular formula is C13H15Cl2NO2. The van der Waals surface area contributed by atoms with Gasteiger partial charge in [0.05, 0.1) is 6.10 Å². The number of aliphatic hydroxyl groups is 1. The Morgan fingerprint density at radius 3 is 2.44 bits per heavy atom. The third-order valence-corrected chi connectivity index (χ3v) is 3.65. The topological polar surface area (TPSA) is 49.3 Å². The Morgan fingerprint density at radius 2 is 1.94 bits per heavy atom. The van der Waals surface area contributed by atoms with Gasteiger partial charge in [-0.2, -0.15) is 0 Å². The predicted octanol–water partition coefficient (Wildman–Crippen LogP) is 2.94. The molecule has 0 spiro atoms. The van der Waals surface area contributed by atoms with Gasteiger partial charge in [0.1, 0.15) is 0 Å². The lowest BCUT2D eigenvalue weighted by Crippen LogP contribution is -2.36. The molecule has 1 saturated carbocycles. The molecular weight excluding hydrogens is 273 g/mol. The molecule has 0 bridgehead atoms. The minimum atomic E-state index is -0.787. The van der Waals surface area contributed by atoms with Crippen molar-refractivity contribution in [3.8, 4) is 0 Å².